The average molecular weight is 431 g/mol. The van der Waals surface area contributed by atoms with E-state index in [0.29, 0.717) is 29.6 Å². The molecule has 174 valence electrons. The minimum atomic E-state index is -0.131. The Bertz CT molecular complexity index is 742. The van der Waals surface area contributed by atoms with Crippen LogP contribution in [0.15, 0.2) is 11.6 Å². The molecule has 31 heavy (non-hydrogen) atoms. The van der Waals surface area contributed by atoms with Crippen molar-refractivity contribution in [3.05, 3.63) is 11.6 Å². The van der Waals surface area contributed by atoms with E-state index in [0.717, 1.165) is 37.5 Å². The first-order chi connectivity index (χ1) is 14.7. The summed E-state index contributed by atoms with van der Waals surface area (Å²) >= 11 is 0. The summed E-state index contributed by atoms with van der Waals surface area (Å²) in [4.78, 5) is 23.1. The van der Waals surface area contributed by atoms with Crippen LogP contribution in [-0.2, 0) is 19.1 Å². The summed E-state index contributed by atoms with van der Waals surface area (Å²) in [7, 11) is 1.49. The summed E-state index contributed by atoms with van der Waals surface area (Å²) in [6.45, 7) is 8.95. The predicted molar refractivity (Wildman–Crippen MR) is 121 cm³/mol. The molecule has 4 aliphatic rings. The van der Waals surface area contributed by atoms with Crippen molar-refractivity contribution in [1.29, 1.82) is 0 Å². The van der Waals surface area contributed by atoms with Crippen molar-refractivity contribution >= 4 is 11.9 Å². The topological polar surface area (TPSA) is 52.6 Å². The molecule has 0 radical (unpaired) electrons. The number of allylic oxidation sites excluding steroid dienone is 2. The van der Waals surface area contributed by atoms with Crippen LogP contribution in [0.3, 0.4) is 0 Å². The molecule has 8 atom stereocenters. The molecule has 0 aromatic rings. The van der Waals surface area contributed by atoms with Gasteiger partial charge in [0.05, 0.1) is 7.11 Å². The molecule has 0 bridgehead atoms. The van der Waals surface area contributed by atoms with E-state index in [-0.39, 0.29) is 23.5 Å². The molecule has 4 nitrogen and oxygen atoms in total. The Balaban J connectivity index is 1.50. The molecule has 4 rings (SSSR count). The smallest absolute Gasteiger partial charge is 0.305 e. The van der Waals surface area contributed by atoms with Gasteiger partial charge in [0.2, 0.25) is 0 Å². The first-order valence-corrected chi connectivity index (χ1v) is 12.6. The molecule has 0 aromatic carbocycles. The van der Waals surface area contributed by atoms with Gasteiger partial charge in [0.15, 0.2) is 0 Å². The van der Waals surface area contributed by atoms with E-state index in [1.54, 1.807) is 5.57 Å². The van der Waals surface area contributed by atoms with Crippen molar-refractivity contribution in [3.8, 4) is 0 Å². The van der Waals surface area contributed by atoms with Crippen LogP contribution in [0.1, 0.15) is 91.9 Å². The van der Waals surface area contributed by atoms with E-state index in [1.807, 2.05) is 0 Å². The van der Waals surface area contributed by atoms with Gasteiger partial charge in [-0.2, -0.15) is 0 Å². The van der Waals surface area contributed by atoms with E-state index in [4.69, 9.17) is 9.47 Å². The van der Waals surface area contributed by atoms with Gasteiger partial charge in [0.25, 0.3) is 0 Å². The van der Waals surface area contributed by atoms with Gasteiger partial charge in [-0.1, -0.05) is 32.4 Å². The third-order valence-corrected chi connectivity index (χ3v) is 10.1. The third kappa shape index (κ3) is 3.97. The molecule has 0 amide bonds. The summed E-state index contributed by atoms with van der Waals surface area (Å²) in [5.41, 5.74) is 2.40. The normalized spacial score (nSPS) is 42.5. The highest BCUT2D eigenvalue weighted by Gasteiger charge is 2.57. The Labute approximate surface area is 188 Å². The number of rotatable bonds is 5. The van der Waals surface area contributed by atoms with Crippen LogP contribution in [0.25, 0.3) is 0 Å². The number of ether oxygens (including phenoxy) is 2. The van der Waals surface area contributed by atoms with Crippen LogP contribution in [0, 0.1) is 40.4 Å². The molecule has 0 heterocycles. The Hall–Kier alpha value is -1.32. The highest BCUT2D eigenvalue weighted by molar-refractivity contribution is 5.69. The van der Waals surface area contributed by atoms with Gasteiger partial charge in [-0.3, -0.25) is 9.59 Å². The zero-order chi connectivity index (χ0) is 22.4. The monoisotopic (exact) mass is 430 g/mol. The molecule has 4 heteroatoms. The summed E-state index contributed by atoms with van der Waals surface area (Å²) in [6, 6.07) is 0. The van der Waals surface area contributed by atoms with Gasteiger partial charge >= 0.3 is 11.9 Å². The zero-order valence-electron chi connectivity index (χ0n) is 20.2. The van der Waals surface area contributed by atoms with Crippen LogP contribution >= 0.6 is 0 Å². The molecule has 0 aliphatic heterocycles. The SMILES string of the molecule is COC(=O)CC[C@@H](C)C1CC[C@H]2[C@@H]3CC[C@@H]4C[C@H](OC(C)=O)CC[C@]4(C)C3=CC[C@]12C. The minimum absolute atomic E-state index is 0.0759. The Morgan fingerprint density at radius 3 is 2.65 bits per heavy atom. The second-order valence-electron chi connectivity index (χ2n) is 11.6. The van der Waals surface area contributed by atoms with Gasteiger partial charge in [-0.05, 0) is 98.2 Å². The number of methoxy groups -OCH3 is 1. The highest BCUT2D eigenvalue weighted by Crippen LogP contribution is 2.66. The first-order valence-electron chi connectivity index (χ1n) is 12.6. The van der Waals surface area contributed by atoms with E-state index in [2.05, 4.69) is 26.8 Å². The van der Waals surface area contributed by atoms with E-state index < -0.39 is 0 Å². The summed E-state index contributed by atoms with van der Waals surface area (Å²) in [5.74, 6) is 3.21. The standard InChI is InChI=1S/C27H42O4/c1-17(6-11-25(29)30-5)22-9-10-23-21-8-7-19-16-20(31-18(2)28)12-14-26(19,3)24(21)13-15-27(22,23)4/h13,17,19-23H,6-12,14-16H2,1-5H3/t17-,19-,20-,21+,22?,23+,26+,27-/m1/s1. The molecular formula is C27H42O4. The quantitative estimate of drug-likeness (QED) is 0.391. The van der Waals surface area contributed by atoms with Crippen molar-refractivity contribution in [1.82, 2.24) is 0 Å². The summed E-state index contributed by atoms with van der Waals surface area (Å²) in [5, 5.41) is 0. The van der Waals surface area contributed by atoms with Gasteiger partial charge in [-0.15, -0.1) is 0 Å². The molecule has 4 aliphatic carbocycles. The number of hydrogen-bond acceptors (Lipinski definition) is 4. The fraction of sp³-hybridized carbons (Fsp3) is 0.852. The van der Waals surface area contributed by atoms with E-state index in [9.17, 15) is 9.59 Å². The van der Waals surface area contributed by atoms with Gasteiger partial charge in [-0.25, -0.2) is 0 Å². The number of hydrogen-bond donors (Lipinski definition) is 0. The third-order valence-electron chi connectivity index (χ3n) is 10.1. The fourth-order valence-corrected chi connectivity index (χ4v) is 8.45. The summed E-state index contributed by atoms with van der Waals surface area (Å²) < 4.78 is 10.5. The maximum Gasteiger partial charge on any atom is 0.305 e. The molecule has 0 aromatic heterocycles. The molecule has 0 N–H and O–H groups in total. The molecular weight excluding hydrogens is 388 g/mol. The Morgan fingerprint density at radius 2 is 1.94 bits per heavy atom. The lowest BCUT2D eigenvalue weighted by Gasteiger charge is -2.57. The minimum Gasteiger partial charge on any atom is -0.469 e. The lowest BCUT2D eigenvalue weighted by Crippen LogP contribution is -2.49. The second kappa shape index (κ2) is 8.56. The van der Waals surface area contributed by atoms with Crippen LogP contribution in [0.4, 0.5) is 0 Å². The van der Waals surface area contributed by atoms with Crippen molar-refractivity contribution in [3.63, 3.8) is 0 Å². The Kier molecular flexibility index (Phi) is 6.31. The highest BCUT2D eigenvalue weighted by atomic mass is 16.5. The van der Waals surface area contributed by atoms with Crippen molar-refractivity contribution in [2.75, 3.05) is 7.11 Å². The molecule has 1 unspecified atom stereocenters. The van der Waals surface area contributed by atoms with Gasteiger partial charge in [0.1, 0.15) is 6.10 Å². The number of fused-ring (bicyclic) bond motifs is 5. The van der Waals surface area contributed by atoms with E-state index in [1.165, 1.54) is 46.1 Å². The maximum absolute atomic E-state index is 11.7. The lowest BCUT2D eigenvalue weighted by molar-refractivity contribution is -0.151. The van der Waals surface area contributed by atoms with Crippen LogP contribution in [-0.4, -0.2) is 25.2 Å². The van der Waals surface area contributed by atoms with Crippen LogP contribution < -0.4 is 0 Å². The first kappa shape index (κ1) is 22.9. The second-order valence-corrected chi connectivity index (χ2v) is 11.6. The van der Waals surface area contributed by atoms with Crippen molar-refractivity contribution in [2.45, 2.75) is 98.0 Å². The lowest BCUT2D eigenvalue weighted by atomic mass is 9.48. The zero-order valence-corrected chi connectivity index (χ0v) is 20.2. The number of esters is 2. The largest absolute Gasteiger partial charge is 0.469 e. The van der Waals surface area contributed by atoms with Crippen LogP contribution in [0.2, 0.25) is 0 Å². The predicted octanol–water partition coefficient (Wildman–Crippen LogP) is 6.09. The number of carbonyl (C=O) groups is 2. The van der Waals surface area contributed by atoms with Crippen molar-refractivity contribution < 1.29 is 19.1 Å². The number of carbonyl (C=O) groups excluding carboxylic acids is 2. The summed E-state index contributed by atoms with van der Waals surface area (Å²) in [6.07, 6.45) is 13.8. The fourth-order valence-electron chi connectivity index (χ4n) is 8.45. The molecule has 3 saturated carbocycles. The van der Waals surface area contributed by atoms with Gasteiger partial charge < -0.3 is 9.47 Å². The maximum atomic E-state index is 11.7. The Morgan fingerprint density at radius 1 is 1.16 bits per heavy atom. The average Bonchev–Trinajstić information content (AvgIpc) is 3.09. The van der Waals surface area contributed by atoms with E-state index >= 15 is 0 Å². The van der Waals surface area contributed by atoms with Crippen LogP contribution in [0.5, 0.6) is 0 Å². The molecule has 3 fully saturated rings. The van der Waals surface area contributed by atoms with Gasteiger partial charge in [0, 0.05) is 13.3 Å². The molecule has 0 spiro atoms. The van der Waals surface area contributed by atoms with Crippen molar-refractivity contribution in [2.24, 2.45) is 40.4 Å². The molecule has 0 saturated heterocycles.